The smallest absolute Gasteiger partial charge is 0.248 e. The summed E-state index contributed by atoms with van der Waals surface area (Å²) in [5.41, 5.74) is 0.544. The van der Waals surface area contributed by atoms with Crippen molar-refractivity contribution in [1.82, 2.24) is 4.98 Å². The molecule has 16 heavy (non-hydrogen) atoms. The molecular formula is C11H12F2N2O. The van der Waals surface area contributed by atoms with Gasteiger partial charge in [0.15, 0.2) is 0 Å². The van der Waals surface area contributed by atoms with E-state index >= 15 is 0 Å². The van der Waals surface area contributed by atoms with Crippen molar-refractivity contribution in [1.29, 1.82) is 0 Å². The number of nitrogens with one attached hydrogen (secondary N) is 1. The van der Waals surface area contributed by atoms with E-state index in [2.05, 4.69) is 10.3 Å². The van der Waals surface area contributed by atoms with Crippen LogP contribution in [-0.4, -0.2) is 16.8 Å². The van der Waals surface area contributed by atoms with Crippen molar-refractivity contribution in [3.05, 3.63) is 24.5 Å². The van der Waals surface area contributed by atoms with E-state index in [-0.39, 0.29) is 25.2 Å². The summed E-state index contributed by atoms with van der Waals surface area (Å²) in [7, 11) is 0. The first-order valence-corrected chi connectivity index (χ1v) is 5.15. The van der Waals surface area contributed by atoms with Gasteiger partial charge in [0.25, 0.3) is 0 Å². The number of aromatic nitrogens is 1. The third kappa shape index (κ3) is 2.53. The maximum absolute atomic E-state index is 12.9. The maximum atomic E-state index is 12.9. The molecule has 0 aromatic carbocycles. The lowest BCUT2D eigenvalue weighted by Gasteiger charge is -2.10. The highest BCUT2D eigenvalue weighted by Crippen LogP contribution is 2.39. The second-order valence-electron chi connectivity index (χ2n) is 4.03. The Bertz CT molecular complexity index is 381. The minimum atomic E-state index is -2.68. The first-order valence-electron chi connectivity index (χ1n) is 5.15. The van der Waals surface area contributed by atoms with Crippen LogP contribution in [0.15, 0.2) is 24.5 Å². The number of hydrogen-bond donors (Lipinski definition) is 1. The van der Waals surface area contributed by atoms with Crippen molar-refractivity contribution in [3.8, 4) is 0 Å². The Hall–Kier alpha value is -1.52. The zero-order valence-electron chi connectivity index (χ0n) is 8.62. The monoisotopic (exact) mass is 226 g/mol. The molecule has 0 unspecified atom stereocenters. The van der Waals surface area contributed by atoms with Crippen LogP contribution < -0.4 is 5.32 Å². The molecular weight excluding hydrogens is 214 g/mol. The van der Waals surface area contributed by atoms with E-state index in [1.807, 2.05) is 0 Å². The lowest BCUT2D eigenvalue weighted by Crippen LogP contribution is -2.22. The molecule has 86 valence electrons. The molecule has 1 saturated carbocycles. The van der Waals surface area contributed by atoms with Crippen molar-refractivity contribution in [3.63, 3.8) is 0 Å². The fourth-order valence-electron chi connectivity index (χ4n) is 1.85. The van der Waals surface area contributed by atoms with E-state index in [1.165, 1.54) is 6.20 Å². The van der Waals surface area contributed by atoms with E-state index in [0.29, 0.717) is 5.69 Å². The minimum absolute atomic E-state index is 0.196. The van der Waals surface area contributed by atoms with Crippen molar-refractivity contribution < 1.29 is 13.6 Å². The summed E-state index contributed by atoms with van der Waals surface area (Å²) < 4.78 is 25.8. The largest absolute Gasteiger partial charge is 0.324 e. The molecule has 1 aliphatic rings. The number of alkyl halides is 2. The first kappa shape index (κ1) is 11.0. The summed E-state index contributed by atoms with van der Waals surface area (Å²) >= 11 is 0. The number of rotatable bonds is 2. The number of amides is 1. The molecule has 1 fully saturated rings. The molecule has 1 amide bonds. The Kier molecular flexibility index (Phi) is 2.85. The topological polar surface area (TPSA) is 42.0 Å². The van der Waals surface area contributed by atoms with Crippen LogP contribution >= 0.6 is 0 Å². The van der Waals surface area contributed by atoms with Gasteiger partial charge in [-0.25, -0.2) is 8.78 Å². The molecule has 2 rings (SSSR count). The molecule has 1 atom stereocenters. The van der Waals surface area contributed by atoms with Crippen molar-refractivity contribution in [2.75, 3.05) is 5.32 Å². The molecule has 1 aliphatic carbocycles. The van der Waals surface area contributed by atoms with Crippen LogP contribution in [0.4, 0.5) is 14.5 Å². The van der Waals surface area contributed by atoms with Gasteiger partial charge in [0.05, 0.1) is 11.9 Å². The van der Waals surface area contributed by atoms with Crippen LogP contribution in [-0.2, 0) is 4.79 Å². The second-order valence-corrected chi connectivity index (χ2v) is 4.03. The SMILES string of the molecule is O=C(Nc1cccnc1)[C@H]1CCC(F)(F)C1. The van der Waals surface area contributed by atoms with Gasteiger partial charge < -0.3 is 5.32 Å². The van der Waals surface area contributed by atoms with Crippen LogP contribution in [0.1, 0.15) is 19.3 Å². The number of anilines is 1. The average Bonchev–Trinajstić information content (AvgIpc) is 2.60. The van der Waals surface area contributed by atoms with Gasteiger partial charge in [-0.3, -0.25) is 9.78 Å². The molecule has 5 heteroatoms. The number of halogens is 2. The van der Waals surface area contributed by atoms with Gasteiger partial charge in [0.1, 0.15) is 0 Å². The number of carbonyl (C=O) groups excluding carboxylic acids is 1. The first-order chi connectivity index (χ1) is 7.57. The Morgan fingerprint density at radius 1 is 1.56 bits per heavy atom. The average molecular weight is 226 g/mol. The second kappa shape index (κ2) is 4.15. The summed E-state index contributed by atoms with van der Waals surface area (Å²) in [6, 6.07) is 3.36. The van der Waals surface area contributed by atoms with Gasteiger partial charge >= 0.3 is 0 Å². The quantitative estimate of drug-likeness (QED) is 0.841. The number of carbonyl (C=O) groups is 1. The van der Waals surface area contributed by atoms with Crippen molar-refractivity contribution >= 4 is 11.6 Å². The van der Waals surface area contributed by atoms with Gasteiger partial charge in [-0.2, -0.15) is 0 Å². The lowest BCUT2D eigenvalue weighted by molar-refractivity contribution is -0.120. The standard InChI is InChI=1S/C11H12F2N2O/c12-11(13)4-3-8(6-11)10(16)15-9-2-1-5-14-7-9/h1-2,5,7-8H,3-4,6H2,(H,15,16)/t8-/m0/s1. The number of nitrogens with zero attached hydrogens (tertiary/aromatic N) is 1. The van der Waals surface area contributed by atoms with E-state index in [1.54, 1.807) is 18.3 Å². The molecule has 3 nitrogen and oxygen atoms in total. The molecule has 1 heterocycles. The Morgan fingerprint density at radius 2 is 2.38 bits per heavy atom. The van der Waals surface area contributed by atoms with Gasteiger partial charge in [-0.15, -0.1) is 0 Å². The molecule has 1 N–H and O–H groups in total. The van der Waals surface area contributed by atoms with Crippen LogP contribution in [0.25, 0.3) is 0 Å². The molecule has 1 aromatic rings. The van der Waals surface area contributed by atoms with Gasteiger partial charge in [0.2, 0.25) is 11.8 Å². The molecule has 1 aromatic heterocycles. The fourth-order valence-corrected chi connectivity index (χ4v) is 1.85. The Balaban J connectivity index is 1.95. The predicted molar refractivity (Wildman–Crippen MR) is 55.2 cm³/mol. The van der Waals surface area contributed by atoms with E-state index in [9.17, 15) is 13.6 Å². The lowest BCUT2D eigenvalue weighted by atomic mass is 10.1. The normalized spacial score (nSPS) is 23.0. The van der Waals surface area contributed by atoms with Crippen molar-refractivity contribution in [2.45, 2.75) is 25.2 Å². The van der Waals surface area contributed by atoms with E-state index < -0.39 is 11.8 Å². The van der Waals surface area contributed by atoms with Crippen LogP contribution in [0.2, 0.25) is 0 Å². The highest BCUT2D eigenvalue weighted by Gasteiger charge is 2.42. The van der Waals surface area contributed by atoms with Crippen LogP contribution in [0, 0.1) is 5.92 Å². The summed E-state index contributed by atoms with van der Waals surface area (Å²) in [4.78, 5) is 15.5. The summed E-state index contributed by atoms with van der Waals surface area (Å²) in [6.45, 7) is 0. The van der Waals surface area contributed by atoms with E-state index in [0.717, 1.165) is 0 Å². The number of hydrogen-bond acceptors (Lipinski definition) is 2. The Morgan fingerprint density at radius 3 is 2.94 bits per heavy atom. The third-order valence-electron chi connectivity index (χ3n) is 2.70. The van der Waals surface area contributed by atoms with E-state index in [4.69, 9.17) is 0 Å². The van der Waals surface area contributed by atoms with Crippen LogP contribution in [0.3, 0.4) is 0 Å². The molecule has 0 bridgehead atoms. The highest BCUT2D eigenvalue weighted by atomic mass is 19.3. The van der Waals surface area contributed by atoms with Gasteiger partial charge in [-0.1, -0.05) is 0 Å². The zero-order chi connectivity index (χ0) is 11.6. The summed E-state index contributed by atoms with van der Waals surface area (Å²) in [5, 5.41) is 2.59. The summed E-state index contributed by atoms with van der Waals surface area (Å²) in [5.74, 6) is -3.61. The fraction of sp³-hybridized carbons (Fsp3) is 0.455. The molecule has 0 radical (unpaired) electrons. The molecule has 0 saturated heterocycles. The van der Waals surface area contributed by atoms with Gasteiger partial charge in [-0.05, 0) is 18.6 Å². The maximum Gasteiger partial charge on any atom is 0.248 e. The highest BCUT2D eigenvalue weighted by molar-refractivity contribution is 5.92. The Labute approximate surface area is 91.9 Å². The zero-order valence-corrected chi connectivity index (χ0v) is 8.62. The van der Waals surface area contributed by atoms with Gasteiger partial charge in [0, 0.05) is 25.0 Å². The molecule has 0 spiro atoms. The predicted octanol–water partition coefficient (Wildman–Crippen LogP) is 2.46. The van der Waals surface area contributed by atoms with Crippen LogP contribution in [0.5, 0.6) is 0 Å². The number of pyridine rings is 1. The van der Waals surface area contributed by atoms with Crippen molar-refractivity contribution in [2.24, 2.45) is 5.92 Å². The minimum Gasteiger partial charge on any atom is -0.324 e. The third-order valence-corrected chi connectivity index (χ3v) is 2.70. The molecule has 0 aliphatic heterocycles. The summed E-state index contributed by atoms with van der Waals surface area (Å²) in [6.07, 6.45) is 2.78.